The number of benzene rings is 7. The van der Waals surface area contributed by atoms with Gasteiger partial charge in [0.05, 0.1) is 16.4 Å². The van der Waals surface area contributed by atoms with Crippen molar-refractivity contribution in [2.24, 2.45) is 5.73 Å². The van der Waals surface area contributed by atoms with Gasteiger partial charge in [-0.25, -0.2) is 0 Å². The summed E-state index contributed by atoms with van der Waals surface area (Å²) >= 11 is 0. The summed E-state index contributed by atoms with van der Waals surface area (Å²) in [5, 5.41) is 5.90. The Morgan fingerprint density at radius 1 is 0.647 bits per heavy atom. The molecule has 332 valence electrons. The number of para-hydroxylation sites is 1. The van der Waals surface area contributed by atoms with Crippen LogP contribution in [-0.2, 0) is 5.41 Å². The van der Waals surface area contributed by atoms with Crippen molar-refractivity contribution in [3.05, 3.63) is 278 Å². The van der Waals surface area contributed by atoms with Gasteiger partial charge in [-0.1, -0.05) is 171 Å². The fourth-order valence-electron chi connectivity index (χ4n) is 10.1. The van der Waals surface area contributed by atoms with Crippen LogP contribution < -0.4 is 16.0 Å². The van der Waals surface area contributed by atoms with Gasteiger partial charge in [-0.05, 0) is 144 Å². The molecule has 0 amide bonds. The molecule has 4 heteroatoms. The molecule has 68 heavy (non-hydrogen) atoms. The van der Waals surface area contributed by atoms with Crippen LogP contribution in [0.3, 0.4) is 0 Å². The molecule has 7 aromatic carbocycles. The van der Waals surface area contributed by atoms with Crippen LogP contribution >= 0.6 is 0 Å². The second-order valence-electron chi connectivity index (χ2n) is 16.7. The van der Waals surface area contributed by atoms with Crippen LogP contribution in [0.25, 0.3) is 50.3 Å². The predicted molar refractivity (Wildman–Crippen MR) is 295 cm³/mol. The summed E-state index contributed by atoms with van der Waals surface area (Å²) in [5.41, 5.74) is 23.7. The molecule has 0 saturated carbocycles. The highest BCUT2D eigenvalue weighted by molar-refractivity contribution is 6.15. The van der Waals surface area contributed by atoms with E-state index < -0.39 is 5.41 Å². The van der Waals surface area contributed by atoms with Crippen LogP contribution in [0.1, 0.15) is 48.6 Å². The predicted octanol–water partition coefficient (Wildman–Crippen LogP) is 17.1. The van der Waals surface area contributed by atoms with Gasteiger partial charge in [0.25, 0.3) is 0 Å². The molecular weight excluding hydrogens is 825 g/mol. The molecule has 9 rings (SSSR count). The first-order valence-electron chi connectivity index (χ1n) is 23.2. The number of nitrogens with one attached hydrogen (secondary N) is 1. The van der Waals surface area contributed by atoms with E-state index in [0.29, 0.717) is 0 Å². The maximum atomic E-state index is 5.90. The van der Waals surface area contributed by atoms with E-state index in [-0.39, 0.29) is 0 Å². The highest BCUT2D eigenvalue weighted by Gasteiger charge is 2.46. The Hall–Kier alpha value is -8.60. The molecular formula is C64H56N4. The summed E-state index contributed by atoms with van der Waals surface area (Å²) in [5.74, 6) is 0. The average molecular weight is 881 g/mol. The molecule has 1 aliphatic carbocycles. The number of nitrogens with zero attached hydrogens (tertiary/aromatic N) is 2. The van der Waals surface area contributed by atoms with Gasteiger partial charge in [-0.2, -0.15) is 0 Å². The van der Waals surface area contributed by atoms with Gasteiger partial charge in [-0.15, -0.1) is 0 Å². The largest absolute Gasteiger partial charge is 0.405 e. The zero-order valence-electron chi connectivity index (χ0n) is 39.0. The molecule has 0 bridgehead atoms. The lowest BCUT2D eigenvalue weighted by Crippen LogP contribution is -2.29. The number of hydrogen-bond donors (Lipinski definition) is 2. The van der Waals surface area contributed by atoms with Crippen molar-refractivity contribution in [1.82, 2.24) is 4.57 Å². The quantitative estimate of drug-likeness (QED) is 0.101. The normalized spacial score (nSPS) is 15.1. The molecule has 1 aromatic heterocycles. The second kappa shape index (κ2) is 19.5. The molecule has 4 nitrogen and oxygen atoms in total. The molecule has 0 radical (unpaired) electrons. The van der Waals surface area contributed by atoms with Gasteiger partial charge in [0.1, 0.15) is 0 Å². The van der Waals surface area contributed by atoms with E-state index in [1.807, 2.05) is 55.5 Å². The van der Waals surface area contributed by atoms with Crippen LogP contribution in [-0.4, -0.2) is 4.57 Å². The van der Waals surface area contributed by atoms with Crippen molar-refractivity contribution in [2.45, 2.75) is 26.2 Å². The number of hydrogen-bond acceptors (Lipinski definition) is 3. The van der Waals surface area contributed by atoms with Crippen LogP contribution in [0.2, 0.25) is 0 Å². The van der Waals surface area contributed by atoms with Gasteiger partial charge in [0.15, 0.2) is 0 Å². The molecule has 1 heterocycles. The Bertz CT molecular complexity index is 3390. The molecule has 1 aliphatic rings. The molecule has 3 N–H and O–H groups in total. The van der Waals surface area contributed by atoms with Gasteiger partial charge in [-0.3, -0.25) is 0 Å². The highest BCUT2D eigenvalue weighted by atomic mass is 15.1. The summed E-state index contributed by atoms with van der Waals surface area (Å²) in [7, 11) is 0. The first kappa shape index (κ1) is 44.6. The van der Waals surface area contributed by atoms with Gasteiger partial charge in [0, 0.05) is 50.5 Å². The zero-order valence-corrected chi connectivity index (χ0v) is 39.0. The van der Waals surface area contributed by atoms with Crippen LogP contribution in [0.4, 0.5) is 28.4 Å². The number of rotatable bonds is 15. The Morgan fingerprint density at radius 3 is 2.03 bits per heavy atom. The van der Waals surface area contributed by atoms with E-state index in [9.17, 15) is 0 Å². The minimum Gasteiger partial charge on any atom is -0.405 e. The van der Waals surface area contributed by atoms with Crippen molar-refractivity contribution >= 4 is 67.6 Å². The number of allylic oxidation sites excluding steroid dienone is 13. The Kier molecular flexibility index (Phi) is 12.8. The molecule has 0 aliphatic heterocycles. The maximum absolute atomic E-state index is 5.90. The summed E-state index contributed by atoms with van der Waals surface area (Å²) in [6.45, 7) is 19.0. The standard InChI is InChI=1S/C64H56N4/c1-7-13-23-47(10-4)64(48-24-17-15-18-25-48)59-30-22-21-29-55(59)56-37-35-53(44-60(56)64)67(51-33-31-46(32-34-51)45(9-3)41-42-65)52-36-40-62-58(43-52)57-38-39-61(66-49-26-19-16-20-27-49)54(12-6)63(57)68(62)50(11-5)28-14-8-2/h7-44,66H,2,4,6,65H2,1,3,5H3/b13-7-,28-14-,42-41-,45-9+,47-23+,50-11+. The summed E-state index contributed by atoms with van der Waals surface area (Å²) in [6.07, 6.45) is 24.1. The molecule has 0 spiro atoms. The van der Waals surface area contributed by atoms with Gasteiger partial charge in [0.2, 0.25) is 0 Å². The number of aromatic nitrogens is 1. The smallest absolute Gasteiger partial charge is 0.0714 e. The lowest BCUT2D eigenvalue weighted by molar-refractivity contribution is 0.767. The number of anilines is 5. The van der Waals surface area contributed by atoms with E-state index in [1.165, 1.54) is 27.8 Å². The van der Waals surface area contributed by atoms with Crippen LogP contribution in [0.5, 0.6) is 0 Å². The minimum absolute atomic E-state index is 0.638. The van der Waals surface area contributed by atoms with Crippen molar-refractivity contribution in [3.8, 4) is 11.1 Å². The van der Waals surface area contributed by atoms with Crippen molar-refractivity contribution < 1.29 is 0 Å². The zero-order chi connectivity index (χ0) is 47.2. The molecule has 1 unspecified atom stereocenters. The average Bonchev–Trinajstić information content (AvgIpc) is 3.87. The summed E-state index contributed by atoms with van der Waals surface area (Å²) < 4.78 is 2.35. The third-order valence-corrected chi connectivity index (χ3v) is 13.1. The van der Waals surface area contributed by atoms with E-state index in [1.54, 1.807) is 6.20 Å². The number of fused-ring (bicyclic) bond motifs is 6. The lowest BCUT2D eigenvalue weighted by atomic mass is 9.67. The van der Waals surface area contributed by atoms with E-state index in [2.05, 4.69) is 224 Å². The maximum Gasteiger partial charge on any atom is 0.0714 e. The molecule has 1 atom stereocenters. The Balaban J connectivity index is 1.33. The minimum atomic E-state index is -0.638. The first-order chi connectivity index (χ1) is 33.4. The van der Waals surface area contributed by atoms with Gasteiger partial charge >= 0.3 is 0 Å². The Labute approximate surface area is 401 Å². The SMILES string of the molecule is C=C/C=C\C(=C/C)n1c2ccc(N(c3ccc(C(/C=C\N)=C/C)cc3)c3ccc4c(c3)C(/C(C=C)=C/C=C\C)(c3ccccc3)c3ccccc3-4)cc2c2ccc(Nc3ccccc3)c(C=C)c21. The van der Waals surface area contributed by atoms with Crippen LogP contribution in [0, 0.1) is 0 Å². The van der Waals surface area contributed by atoms with Crippen LogP contribution in [0.15, 0.2) is 250 Å². The summed E-state index contributed by atoms with van der Waals surface area (Å²) in [6, 6.07) is 57.0. The van der Waals surface area contributed by atoms with Gasteiger partial charge < -0.3 is 20.5 Å². The van der Waals surface area contributed by atoms with E-state index in [4.69, 9.17) is 5.73 Å². The molecule has 0 saturated heterocycles. The Morgan fingerprint density at radius 2 is 1.34 bits per heavy atom. The highest BCUT2D eigenvalue weighted by Crippen LogP contribution is 2.58. The third-order valence-electron chi connectivity index (χ3n) is 13.1. The van der Waals surface area contributed by atoms with E-state index >= 15 is 0 Å². The molecule has 0 fully saturated rings. The summed E-state index contributed by atoms with van der Waals surface area (Å²) in [4.78, 5) is 2.39. The molecule has 8 aromatic rings. The second-order valence-corrected chi connectivity index (χ2v) is 16.7. The lowest BCUT2D eigenvalue weighted by Gasteiger charge is -2.35. The monoisotopic (exact) mass is 880 g/mol. The fraction of sp³-hybridized carbons (Fsp3) is 0.0625. The topological polar surface area (TPSA) is 46.2 Å². The third kappa shape index (κ3) is 7.66. The van der Waals surface area contributed by atoms with Crippen molar-refractivity contribution in [2.75, 3.05) is 10.2 Å². The fourth-order valence-corrected chi connectivity index (χ4v) is 10.1. The van der Waals surface area contributed by atoms with Crippen molar-refractivity contribution in [1.29, 1.82) is 0 Å². The van der Waals surface area contributed by atoms with E-state index in [0.717, 1.165) is 78.2 Å². The van der Waals surface area contributed by atoms with Crippen molar-refractivity contribution in [3.63, 3.8) is 0 Å². The first-order valence-corrected chi connectivity index (χ1v) is 23.2. The number of nitrogens with two attached hydrogens (primary N) is 1.